The van der Waals surface area contributed by atoms with E-state index in [1.165, 1.54) is 15.9 Å². The summed E-state index contributed by atoms with van der Waals surface area (Å²) in [6, 6.07) is 16.6. The van der Waals surface area contributed by atoms with Gasteiger partial charge in [0.15, 0.2) is 5.16 Å². The van der Waals surface area contributed by atoms with E-state index in [0.717, 1.165) is 22.9 Å². The number of aromatic nitrogens is 2. The molecule has 28 heavy (non-hydrogen) atoms. The van der Waals surface area contributed by atoms with Crippen molar-refractivity contribution in [2.24, 2.45) is 5.73 Å². The lowest BCUT2D eigenvalue weighted by molar-refractivity contribution is -0.115. The Morgan fingerprint density at radius 1 is 1.14 bits per heavy atom. The molecule has 2 aromatic carbocycles. The smallest absolute Gasteiger partial charge is 0.268 e. The third-order valence-electron chi connectivity index (χ3n) is 4.09. The van der Waals surface area contributed by atoms with Gasteiger partial charge in [-0.3, -0.25) is 14.2 Å². The number of primary amides is 1. The first kappa shape index (κ1) is 18.7. The van der Waals surface area contributed by atoms with E-state index in [4.69, 9.17) is 17.3 Å². The first-order chi connectivity index (χ1) is 13.5. The zero-order valence-electron chi connectivity index (χ0n) is 14.5. The van der Waals surface area contributed by atoms with Gasteiger partial charge in [0.1, 0.15) is 4.83 Å². The van der Waals surface area contributed by atoms with Gasteiger partial charge in [-0.2, -0.15) is 0 Å². The quantitative estimate of drug-likeness (QED) is 0.379. The molecular formula is C20H14ClN3O2S2. The minimum Gasteiger partial charge on any atom is -0.369 e. The van der Waals surface area contributed by atoms with Crippen LogP contribution in [0.3, 0.4) is 0 Å². The Bertz CT molecular complexity index is 1220. The van der Waals surface area contributed by atoms with Crippen molar-refractivity contribution < 1.29 is 4.79 Å². The Morgan fingerprint density at radius 2 is 1.86 bits per heavy atom. The number of fused-ring (bicyclic) bond motifs is 1. The van der Waals surface area contributed by atoms with Crippen molar-refractivity contribution >= 4 is 50.8 Å². The summed E-state index contributed by atoms with van der Waals surface area (Å²) < 4.78 is 1.53. The predicted octanol–water partition coefficient (Wildman–Crippen LogP) is 4.35. The number of nitrogens with zero attached hydrogens (tertiary/aromatic N) is 2. The van der Waals surface area contributed by atoms with Crippen molar-refractivity contribution in [1.82, 2.24) is 9.55 Å². The lowest BCUT2D eigenvalue weighted by Gasteiger charge is -2.12. The van der Waals surface area contributed by atoms with Gasteiger partial charge in [-0.15, -0.1) is 11.3 Å². The molecule has 140 valence electrons. The molecule has 5 nitrogen and oxygen atoms in total. The topological polar surface area (TPSA) is 78.0 Å². The standard InChI is InChI=1S/C20H14ClN3O2S2/c21-13-8-6-12(7-9-13)15-10-27-18-17(15)19(26)24(14-4-2-1-3-5-14)20(23-18)28-11-16(22)25/h1-10H,11H2,(H2,22,25). The highest BCUT2D eigenvalue weighted by Gasteiger charge is 2.18. The summed E-state index contributed by atoms with van der Waals surface area (Å²) in [5.41, 5.74) is 7.49. The summed E-state index contributed by atoms with van der Waals surface area (Å²) in [6.07, 6.45) is 0. The number of amides is 1. The Morgan fingerprint density at radius 3 is 2.54 bits per heavy atom. The molecule has 2 aromatic heterocycles. The van der Waals surface area contributed by atoms with Crippen molar-refractivity contribution in [3.05, 3.63) is 75.4 Å². The summed E-state index contributed by atoms with van der Waals surface area (Å²) in [4.78, 5) is 30.0. The number of thioether (sulfide) groups is 1. The Labute approximate surface area is 173 Å². The van der Waals surface area contributed by atoms with Gasteiger partial charge >= 0.3 is 0 Å². The fraction of sp³-hybridized carbons (Fsp3) is 0.0500. The average molecular weight is 428 g/mol. The maximum Gasteiger partial charge on any atom is 0.268 e. The number of benzene rings is 2. The SMILES string of the molecule is NC(=O)CSc1nc2scc(-c3ccc(Cl)cc3)c2c(=O)n1-c1ccccc1. The van der Waals surface area contributed by atoms with E-state index < -0.39 is 5.91 Å². The lowest BCUT2D eigenvalue weighted by atomic mass is 10.1. The fourth-order valence-electron chi connectivity index (χ4n) is 2.85. The predicted molar refractivity (Wildman–Crippen MR) is 116 cm³/mol. The van der Waals surface area contributed by atoms with Crippen LogP contribution in [-0.4, -0.2) is 21.2 Å². The second-order valence-electron chi connectivity index (χ2n) is 5.96. The number of para-hydroxylation sites is 1. The van der Waals surface area contributed by atoms with Gasteiger partial charge in [-0.05, 0) is 29.8 Å². The number of carbonyl (C=O) groups is 1. The van der Waals surface area contributed by atoms with Crippen LogP contribution in [0.1, 0.15) is 0 Å². The van der Waals surface area contributed by atoms with Gasteiger partial charge in [0.2, 0.25) is 5.91 Å². The fourth-order valence-corrected chi connectivity index (χ4v) is 4.72. The van der Waals surface area contributed by atoms with Crippen LogP contribution in [0.15, 0.2) is 69.9 Å². The summed E-state index contributed by atoms with van der Waals surface area (Å²) in [5.74, 6) is -0.424. The van der Waals surface area contributed by atoms with E-state index in [1.807, 2.05) is 47.8 Å². The molecule has 0 saturated carbocycles. The summed E-state index contributed by atoms with van der Waals surface area (Å²) in [6.45, 7) is 0. The van der Waals surface area contributed by atoms with E-state index in [0.29, 0.717) is 26.1 Å². The van der Waals surface area contributed by atoms with Gasteiger partial charge in [0.25, 0.3) is 5.56 Å². The van der Waals surface area contributed by atoms with Crippen LogP contribution in [0.25, 0.3) is 27.0 Å². The molecule has 0 aliphatic heterocycles. The molecule has 2 heterocycles. The Balaban J connectivity index is 1.97. The van der Waals surface area contributed by atoms with Gasteiger partial charge in [0, 0.05) is 16.0 Å². The normalized spacial score (nSPS) is 11.0. The van der Waals surface area contributed by atoms with Crippen LogP contribution >= 0.6 is 34.7 Å². The van der Waals surface area contributed by atoms with Gasteiger partial charge in [-0.25, -0.2) is 4.98 Å². The third-order valence-corrected chi connectivity index (χ3v) is 6.18. The number of thiophene rings is 1. The van der Waals surface area contributed by atoms with Gasteiger partial charge < -0.3 is 5.73 Å². The lowest BCUT2D eigenvalue weighted by Crippen LogP contribution is -2.22. The number of rotatable bonds is 5. The monoisotopic (exact) mass is 427 g/mol. The third kappa shape index (κ3) is 3.56. The molecule has 0 aliphatic rings. The number of nitrogens with two attached hydrogens (primary N) is 1. The highest BCUT2D eigenvalue weighted by Crippen LogP contribution is 2.33. The maximum absolute atomic E-state index is 13.5. The molecular weight excluding hydrogens is 414 g/mol. The van der Waals surface area contributed by atoms with Crippen LogP contribution in [0.5, 0.6) is 0 Å². The highest BCUT2D eigenvalue weighted by atomic mass is 35.5. The highest BCUT2D eigenvalue weighted by molar-refractivity contribution is 7.99. The van der Waals surface area contributed by atoms with Crippen molar-refractivity contribution in [3.8, 4) is 16.8 Å². The number of hydrogen-bond donors (Lipinski definition) is 1. The first-order valence-corrected chi connectivity index (χ1v) is 10.6. The van der Waals surface area contributed by atoms with Crippen molar-refractivity contribution in [2.75, 3.05) is 5.75 Å². The zero-order valence-corrected chi connectivity index (χ0v) is 16.9. The van der Waals surface area contributed by atoms with Crippen LogP contribution in [-0.2, 0) is 4.79 Å². The maximum atomic E-state index is 13.5. The number of carbonyl (C=O) groups excluding carboxylic acids is 1. The molecule has 0 bridgehead atoms. The van der Waals surface area contributed by atoms with E-state index in [-0.39, 0.29) is 11.3 Å². The van der Waals surface area contributed by atoms with Crippen molar-refractivity contribution in [1.29, 1.82) is 0 Å². The number of halogens is 1. The average Bonchev–Trinajstić information content (AvgIpc) is 3.12. The largest absolute Gasteiger partial charge is 0.369 e. The van der Waals surface area contributed by atoms with Crippen LogP contribution in [0.2, 0.25) is 5.02 Å². The molecule has 0 spiro atoms. The Hall–Kier alpha value is -2.61. The molecule has 2 N–H and O–H groups in total. The molecule has 4 rings (SSSR count). The van der Waals surface area contributed by atoms with E-state index in [2.05, 4.69) is 4.98 Å². The molecule has 8 heteroatoms. The molecule has 0 aliphatic carbocycles. The summed E-state index contributed by atoms with van der Waals surface area (Å²) >= 11 is 8.54. The number of hydrogen-bond acceptors (Lipinski definition) is 5. The summed E-state index contributed by atoms with van der Waals surface area (Å²) in [7, 11) is 0. The van der Waals surface area contributed by atoms with Crippen LogP contribution in [0.4, 0.5) is 0 Å². The first-order valence-electron chi connectivity index (χ1n) is 8.31. The van der Waals surface area contributed by atoms with Crippen molar-refractivity contribution in [3.63, 3.8) is 0 Å². The van der Waals surface area contributed by atoms with Gasteiger partial charge in [0.05, 0.1) is 16.8 Å². The summed E-state index contributed by atoms with van der Waals surface area (Å²) in [5, 5.41) is 3.53. The van der Waals surface area contributed by atoms with E-state index >= 15 is 0 Å². The Kier molecular flexibility index (Phi) is 5.21. The van der Waals surface area contributed by atoms with Gasteiger partial charge in [-0.1, -0.05) is 53.7 Å². The molecule has 4 aromatic rings. The minimum atomic E-state index is -0.466. The molecule has 0 radical (unpaired) electrons. The van der Waals surface area contributed by atoms with E-state index in [9.17, 15) is 9.59 Å². The van der Waals surface area contributed by atoms with Crippen LogP contribution < -0.4 is 11.3 Å². The molecule has 0 unspecified atom stereocenters. The van der Waals surface area contributed by atoms with Crippen molar-refractivity contribution in [2.45, 2.75) is 5.16 Å². The minimum absolute atomic E-state index is 0.0419. The molecule has 0 atom stereocenters. The molecule has 1 amide bonds. The zero-order chi connectivity index (χ0) is 19.7. The molecule has 0 fully saturated rings. The second kappa shape index (κ2) is 7.79. The molecule has 0 saturated heterocycles. The second-order valence-corrected chi connectivity index (χ2v) is 8.20. The van der Waals surface area contributed by atoms with Crippen LogP contribution in [0, 0.1) is 0 Å². The van der Waals surface area contributed by atoms with E-state index in [1.54, 1.807) is 12.1 Å².